The number of carbonyl (C=O) groups excluding carboxylic acids is 1. The second-order valence-electron chi connectivity index (χ2n) is 5.88. The third-order valence-corrected chi connectivity index (χ3v) is 4.44. The lowest BCUT2D eigenvalue weighted by Crippen LogP contribution is -2.32. The van der Waals surface area contributed by atoms with Crippen LogP contribution < -0.4 is 5.56 Å². The molecule has 0 spiro atoms. The van der Waals surface area contributed by atoms with Crippen LogP contribution in [0, 0.1) is 11.3 Å². The standard InChI is InChI=1S/C19H18N2O3/c1-24-19(23)16-11-15(10-13-6-2-3-7-14(13)12-20)18(22)21-9-5-4-8-17(16)21/h2-3,6-7,11H,4-5,8-10H2,1H3. The zero-order valence-corrected chi connectivity index (χ0v) is 13.5. The third-order valence-electron chi connectivity index (χ3n) is 4.44. The third kappa shape index (κ3) is 2.83. The van der Waals surface area contributed by atoms with E-state index in [4.69, 9.17) is 4.74 Å². The van der Waals surface area contributed by atoms with E-state index in [0.717, 1.165) is 24.1 Å². The molecule has 0 atom stereocenters. The smallest absolute Gasteiger partial charge is 0.339 e. The van der Waals surface area contributed by atoms with E-state index >= 15 is 0 Å². The molecule has 0 saturated heterocycles. The van der Waals surface area contributed by atoms with Gasteiger partial charge in [-0.1, -0.05) is 18.2 Å². The van der Waals surface area contributed by atoms with Gasteiger partial charge in [-0.3, -0.25) is 4.79 Å². The highest BCUT2D eigenvalue weighted by molar-refractivity contribution is 5.90. The van der Waals surface area contributed by atoms with Gasteiger partial charge in [-0.05, 0) is 37.0 Å². The average Bonchev–Trinajstić information content (AvgIpc) is 2.64. The molecular weight excluding hydrogens is 304 g/mol. The maximum Gasteiger partial charge on any atom is 0.339 e. The van der Waals surface area contributed by atoms with E-state index in [-0.39, 0.29) is 5.56 Å². The molecule has 3 rings (SSSR count). The topological polar surface area (TPSA) is 72.1 Å². The van der Waals surface area contributed by atoms with Crippen molar-refractivity contribution < 1.29 is 9.53 Å². The van der Waals surface area contributed by atoms with Crippen LogP contribution in [0.15, 0.2) is 35.1 Å². The molecule has 0 fully saturated rings. The van der Waals surface area contributed by atoms with Crippen molar-refractivity contribution in [3.05, 3.63) is 68.6 Å². The predicted octanol–water partition coefficient (Wildman–Crippen LogP) is 2.43. The van der Waals surface area contributed by atoms with Gasteiger partial charge in [-0.25, -0.2) is 4.79 Å². The lowest BCUT2D eigenvalue weighted by Gasteiger charge is -2.22. The number of fused-ring (bicyclic) bond motifs is 1. The predicted molar refractivity (Wildman–Crippen MR) is 88.9 cm³/mol. The number of nitrogens with zero attached hydrogens (tertiary/aromatic N) is 2. The lowest BCUT2D eigenvalue weighted by atomic mass is 9.97. The molecule has 0 aliphatic carbocycles. The van der Waals surface area contributed by atoms with Crippen LogP contribution in [0.3, 0.4) is 0 Å². The number of carbonyl (C=O) groups is 1. The van der Waals surface area contributed by atoms with E-state index in [9.17, 15) is 14.9 Å². The minimum Gasteiger partial charge on any atom is -0.465 e. The first-order valence-corrected chi connectivity index (χ1v) is 7.97. The number of methoxy groups -OCH3 is 1. The molecule has 0 unspecified atom stereocenters. The van der Waals surface area contributed by atoms with Gasteiger partial charge >= 0.3 is 5.97 Å². The van der Waals surface area contributed by atoms with Gasteiger partial charge < -0.3 is 9.30 Å². The summed E-state index contributed by atoms with van der Waals surface area (Å²) in [7, 11) is 1.35. The maximum atomic E-state index is 12.8. The van der Waals surface area contributed by atoms with E-state index in [1.807, 2.05) is 12.1 Å². The Balaban J connectivity index is 2.13. The monoisotopic (exact) mass is 322 g/mol. The zero-order valence-electron chi connectivity index (χ0n) is 13.5. The van der Waals surface area contributed by atoms with E-state index in [1.165, 1.54) is 7.11 Å². The first kappa shape index (κ1) is 16.0. The van der Waals surface area contributed by atoms with Crippen molar-refractivity contribution in [3.63, 3.8) is 0 Å². The number of benzene rings is 1. The van der Waals surface area contributed by atoms with Crippen molar-refractivity contribution in [1.29, 1.82) is 5.26 Å². The molecule has 0 N–H and O–H groups in total. The summed E-state index contributed by atoms with van der Waals surface area (Å²) >= 11 is 0. The molecule has 0 saturated carbocycles. The van der Waals surface area contributed by atoms with Gasteiger partial charge in [0.1, 0.15) is 0 Å². The molecule has 1 aromatic heterocycles. The molecule has 1 aliphatic rings. The number of esters is 1. The van der Waals surface area contributed by atoms with Gasteiger partial charge in [0.2, 0.25) is 0 Å². The molecule has 0 bridgehead atoms. The van der Waals surface area contributed by atoms with Crippen molar-refractivity contribution in [3.8, 4) is 6.07 Å². The van der Waals surface area contributed by atoms with E-state index in [2.05, 4.69) is 6.07 Å². The number of pyridine rings is 1. The number of ether oxygens (including phenoxy) is 1. The first-order chi connectivity index (χ1) is 11.7. The van der Waals surface area contributed by atoms with Gasteiger partial charge in [-0.2, -0.15) is 5.26 Å². The molecule has 1 aromatic carbocycles. The Kier molecular flexibility index (Phi) is 4.48. The maximum absolute atomic E-state index is 12.8. The Hall–Kier alpha value is -2.87. The summed E-state index contributed by atoms with van der Waals surface area (Å²) in [5, 5.41) is 9.23. The largest absolute Gasteiger partial charge is 0.465 e. The van der Waals surface area contributed by atoms with Crippen LogP contribution in [0.2, 0.25) is 0 Å². The van der Waals surface area contributed by atoms with Crippen LogP contribution >= 0.6 is 0 Å². The van der Waals surface area contributed by atoms with Crippen molar-refractivity contribution in [2.45, 2.75) is 32.2 Å². The van der Waals surface area contributed by atoms with Gasteiger partial charge in [0.05, 0.1) is 24.3 Å². The molecule has 5 nitrogen and oxygen atoms in total. The minimum absolute atomic E-state index is 0.0786. The SMILES string of the molecule is COC(=O)c1cc(Cc2ccccc2C#N)c(=O)n2c1CCCC2. The van der Waals surface area contributed by atoms with Gasteiger partial charge in [0, 0.05) is 24.2 Å². The summed E-state index contributed by atoms with van der Waals surface area (Å²) in [6.07, 6.45) is 2.91. The fraction of sp³-hybridized carbons (Fsp3) is 0.316. The first-order valence-electron chi connectivity index (χ1n) is 7.97. The van der Waals surface area contributed by atoms with Gasteiger partial charge in [0.25, 0.3) is 5.56 Å². The second-order valence-corrected chi connectivity index (χ2v) is 5.88. The highest BCUT2D eigenvalue weighted by atomic mass is 16.5. The fourth-order valence-electron chi connectivity index (χ4n) is 3.23. The summed E-state index contributed by atoms with van der Waals surface area (Å²) in [6, 6.07) is 11.0. The van der Waals surface area contributed by atoms with Crippen LogP contribution in [0.25, 0.3) is 0 Å². The second kappa shape index (κ2) is 6.71. The highest BCUT2D eigenvalue weighted by Gasteiger charge is 2.22. The number of aromatic nitrogens is 1. The van der Waals surface area contributed by atoms with Crippen LogP contribution in [0.1, 0.15) is 45.6 Å². The Morgan fingerprint density at radius 1 is 1.29 bits per heavy atom. The Labute approximate surface area is 140 Å². The zero-order chi connectivity index (χ0) is 17.1. The Morgan fingerprint density at radius 3 is 2.83 bits per heavy atom. The molecular formula is C19H18N2O3. The minimum atomic E-state index is -0.421. The summed E-state index contributed by atoms with van der Waals surface area (Å²) in [6.45, 7) is 0.617. The lowest BCUT2D eigenvalue weighted by molar-refractivity contribution is 0.0597. The summed E-state index contributed by atoms with van der Waals surface area (Å²) in [4.78, 5) is 24.9. The van der Waals surface area contributed by atoms with Crippen molar-refractivity contribution in [1.82, 2.24) is 4.57 Å². The summed E-state index contributed by atoms with van der Waals surface area (Å²) in [5.41, 5.74) is 2.98. The summed E-state index contributed by atoms with van der Waals surface area (Å²) < 4.78 is 6.58. The van der Waals surface area contributed by atoms with Crippen molar-refractivity contribution >= 4 is 5.97 Å². The molecule has 1 aliphatic heterocycles. The fourth-order valence-corrected chi connectivity index (χ4v) is 3.23. The summed E-state index contributed by atoms with van der Waals surface area (Å²) in [5.74, 6) is -0.421. The average molecular weight is 322 g/mol. The number of hydrogen-bond acceptors (Lipinski definition) is 4. The Morgan fingerprint density at radius 2 is 2.08 bits per heavy atom. The highest BCUT2D eigenvalue weighted by Crippen LogP contribution is 2.20. The van der Waals surface area contributed by atoms with E-state index < -0.39 is 5.97 Å². The van der Waals surface area contributed by atoms with Crippen LogP contribution in [-0.4, -0.2) is 17.6 Å². The number of hydrogen-bond donors (Lipinski definition) is 0. The van der Waals surface area contributed by atoms with Gasteiger partial charge in [-0.15, -0.1) is 0 Å². The van der Waals surface area contributed by atoms with Crippen molar-refractivity contribution in [2.75, 3.05) is 7.11 Å². The van der Waals surface area contributed by atoms with Crippen LogP contribution in [-0.2, 0) is 24.1 Å². The number of nitriles is 1. The molecule has 24 heavy (non-hydrogen) atoms. The molecule has 2 aromatic rings. The quantitative estimate of drug-likeness (QED) is 0.814. The Bertz CT molecular complexity index is 890. The van der Waals surface area contributed by atoms with Gasteiger partial charge in [0.15, 0.2) is 0 Å². The normalized spacial score (nSPS) is 13.0. The molecule has 122 valence electrons. The molecule has 2 heterocycles. The molecule has 0 amide bonds. The van der Waals surface area contributed by atoms with Crippen LogP contribution in [0.5, 0.6) is 0 Å². The van der Waals surface area contributed by atoms with Crippen LogP contribution in [0.4, 0.5) is 0 Å². The molecule has 5 heteroatoms. The van der Waals surface area contributed by atoms with E-state index in [0.29, 0.717) is 36.1 Å². The number of rotatable bonds is 3. The van der Waals surface area contributed by atoms with E-state index in [1.54, 1.807) is 22.8 Å². The van der Waals surface area contributed by atoms with Crippen molar-refractivity contribution in [2.24, 2.45) is 0 Å². The molecule has 0 radical (unpaired) electrons.